The van der Waals surface area contributed by atoms with Crippen LogP contribution in [0.25, 0.3) is 6.08 Å². The highest BCUT2D eigenvalue weighted by molar-refractivity contribution is 8.26. The lowest BCUT2D eigenvalue weighted by Crippen LogP contribution is -2.29. The molecule has 0 aromatic carbocycles. The maximum absolute atomic E-state index is 12.7. The van der Waals surface area contributed by atoms with E-state index < -0.39 is 5.97 Å². The molecule has 0 bridgehead atoms. The molecule has 148 valence electrons. The zero-order valence-corrected chi connectivity index (χ0v) is 18.0. The lowest BCUT2D eigenvalue weighted by atomic mass is 10.2. The molecule has 1 aliphatic rings. The summed E-state index contributed by atoms with van der Waals surface area (Å²) in [4.78, 5) is 25.4. The lowest BCUT2D eigenvalue weighted by Gasteiger charge is -2.14. The van der Waals surface area contributed by atoms with Gasteiger partial charge < -0.3 is 14.5 Å². The van der Waals surface area contributed by atoms with Crippen molar-refractivity contribution < 1.29 is 14.7 Å². The predicted molar refractivity (Wildman–Crippen MR) is 112 cm³/mol. The summed E-state index contributed by atoms with van der Waals surface area (Å²) in [5, 5.41) is 10.4. The number of hydrogen-bond donors (Lipinski definition) is 0. The van der Waals surface area contributed by atoms with Crippen molar-refractivity contribution in [2.75, 3.05) is 6.54 Å². The second-order valence-corrected chi connectivity index (χ2v) is 9.02. The van der Waals surface area contributed by atoms with Gasteiger partial charge in [-0.25, -0.2) is 0 Å². The highest BCUT2D eigenvalue weighted by Crippen LogP contribution is 2.33. The number of aryl methyl sites for hydroxylation is 1. The number of aromatic nitrogens is 1. The van der Waals surface area contributed by atoms with Crippen molar-refractivity contribution >= 4 is 46.3 Å². The average Bonchev–Trinajstić information content (AvgIpc) is 2.98. The molecule has 0 radical (unpaired) electrons. The van der Waals surface area contributed by atoms with Crippen LogP contribution in [-0.2, 0) is 16.1 Å². The van der Waals surface area contributed by atoms with Gasteiger partial charge in [0.05, 0.1) is 4.91 Å². The van der Waals surface area contributed by atoms with Gasteiger partial charge in [0.2, 0.25) is 0 Å². The third-order valence-corrected chi connectivity index (χ3v) is 5.96. The number of thiocarbonyl (C=S) groups is 1. The summed E-state index contributed by atoms with van der Waals surface area (Å²) in [5.74, 6) is -0.532. The van der Waals surface area contributed by atoms with Crippen LogP contribution in [0.3, 0.4) is 0 Å². The Bertz CT molecular complexity index is 766. The Kier molecular flexibility index (Phi) is 7.68. The number of carboxylic acid groups (broad SMARTS) is 1. The van der Waals surface area contributed by atoms with Crippen molar-refractivity contribution in [3.05, 3.63) is 27.9 Å². The fourth-order valence-corrected chi connectivity index (χ4v) is 4.47. The second kappa shape index (κ2) is 9.55. The Balaban J connectivity index is 2.04. The molecular formula is C20H27N2O3S2-. The largest absolute Gasteiger partial charge is 0.550 e. The summed E-state index contributed by atoms with van der Waals surface area (Å²) in [7, 11) is 0. The van der Waals surface area contributed by atoms with Crippen molar-refractivity contribution in [2.45, 2.75) is 59.9 Å². The van der Waals surface area contributed by atoms with Crippen LogP contribution >= 0.6 is 24.0 Å². The van der Waals surface area contributed by atoms with Gasteiger partial charge in [-0.05, 0) is 56.7 Å². The van der Waals surface area contributed by atoms with Crippen LogP contribution in [0.4, 0.5) is 0 Å². The molecule has 27 heavy (non-hydrogen) atoms. The van der Waals surface area contributed by atoms with Gasteiger partial charge in [0.15, 0.2) is 0 Å². The number of carbonyl (C=O) groups excluding carboxylic acids is 2. The summed E-state index contributed by atoms with van der Waals surface area (Å²) in [6.07, 6.45) is 4.03. The highest BCUT2D eigenvalue weighted by Gasteiger charge is 2.31. The normalized spacial score (nSPS) is 16.2. The Morgan fingerprint density at radius 3 is 2.63 bits per heavy atom. The first kappa shape index (κ1) is 21.7. The van der Waals surface area contributed by atoms with Crippen LogP contribution in [0.2, 0.25) is 0 Å². The number of carbonyl (C=O) groups is 2. The first-order chi connectivity index (χ1) is 12.7. The van der Waals surface area contributed by atoms with E-state index in [1.165, 1.54) is 17.5 Å². The molecule has 5 nitrogen and oxygen atoms in total. The summed E-state index contributed by atoms with van der Waals surface area (Å²) >= 11 is 6.71. The number of thioether (sulfide) groups is 1. The van der Waals surface area contributed by atoms with Crippen molar-refractivity contribution in [3.63, 3.8) is 0 Å². The average molecular weight is 408 g/mol. The van der Waals surface area contributed by atoms with E-state index >= 15 is 0 Å². The Morgan fingerprint density at radius 2 is 2.00 bits per heavy atom. The minimum Gasteiger partial charge on any atom is -0.550 e. The van der Waals surface area contributed by atoms with Crippen LogP contribution in [0, 0.1) is 19.8 Å². The number of nitrogens with zero attached hydrogens (tertiary/aromatic N) is 2. The molecule has 0 spiro atoms. The van der Waals surface area contributed by atoms with E-state index in [4.69, 9.17) is 12.2 Å². The van der Waals surface area contributed by atoms with Crippen molar-refractivity contribution in [3.8, 4) is 0 Å². The number of aliphatic carboxylic acids is 1. The number of hydrogen-bond acceptors (Lipinski definition) is 5. The summed E-state index contributed by atoms with van der Waals surface area (Å²) in [6.45, 7) is 10.0. The van der Waals surface area contributed by atoms with Gasteiger partial charge in [0.25, 0.3) is 5.91 Å². The van der Waals surface area contributed by atoms with Gasteiger partial charge in [-0.1, -0.05) is 44.2 Å². The van der Waals surface area contributed by atoms with Crippen molar-refractivity contribution in [1.82, 2.24) is 9.47 Å². The number of unbranched alkanes of at least 4 members (excludes halogenated alkanes) is 2. The molecule has 7 heteroatoms. The third-order valence-electron chi connectivity index (χ3n) is 4.58. The summed E-state index contributed by atoms with van der Waals surface area (Å²) in [6, 6.07) is 2.12. The van der Waals surface area contributed by atoms with Crippen LogP contribution in [-0.4, -0.2) is 32.2 Å². The number of amides is 1. The molecule has 1 aromatic heterocycles. The first-order valence-electron chi connectivity index (χ1n) is 9.32. The van der Waals surface area contributed by atoms with Crippen LogP contribution in [0.1, 0.15) is 56.5 Å². The molecule has 0 N–H and O–H groups in total. The van der Waals surface area contributed by atoms with Gasteiger partial charge in [-0.15, -0.1) is 0 Å². The molecule has 1 aliphatic heterocycles. The maximum Gasteiger partial charge on any atom is 0.266 e. The van der Waals surface area contributed by atoms with Crippen LogP contribution in [0.5, 0.6) is 0 Å². The standard InChI is InChI=1S/C20H28N2O3S2/c1-13(2)12-22-14(3)10-16(15(22)4)11-17-19(25)21(20(26)27-17)9-7-5-6-8-18(23)24/h10-11,13H,5-9,12H2,1-4H3,(H,23,24)/p-1/b17-11-. The maximum atomic E-state index is 12.7. The molecular weight excluding hydrogens is 380 g/mol. The Hall–Kier alpha value is -1.60. The highest BCUT2D eigenvalue weighted by atomic mass is 32.2. The van der Waals surface area contributed by atoms with Crippen LogP contribution in [0.15, 0.2) is 11.0 Å². The van der Waals surface area contributed by atoms with E-state index in [0.717, 1.165) is 30.6 Å². The quantitative estimate of drug-likeness (QED) is 0.357. The molecule has 2 rings (SSSR count). The molecule has 0 unspecified atom stereocenters. The van der Waals surface area contributed by atoms with Gasteiger partial charge in [-0.3, -0.25) is 9.69 Å². The van der Waals surface area contributed by atoms with Crippen LogP contribution < -0.4 is 5.11 Å². The monoisotopic (exact) mass is 407 g/mol. The smallest absolute Gasteiger partial charge is 0.266 e. The Morgan fingerprint density at radius 1 is 1.30 bits per heavy atom. The fourth-order valence-electron chi connectivity index (χ4n) is 3.17. The molecule has 2 heterocycles. The van der Waals surface area contributed by atoms with E-state index in [1.807, 2.05) is 6.08 Å². The van der Waals surface area contributed by atoms with Crippen molar-refractivity contribution in [2.24, 2.45) is 5.92 Å². The Labute approximate surface area is 170 Å². The molecule has 1 amide bonds. The van der Waals surface area contributed by atoms with E-state index in [1.54, 1.807) is 4.90 Å². The fraction of sp³-hybridized carbons (Fsp3) is 0.550. The molecule has 0 aliphatic carbocycles. The van der Waals surface area contributed by atoms with E-state index in [2.05, 4.69) is 38.3 Å². The molecule has 1 fully saturated rings. The molecule has 1 aromatic rings. The van der Waals surface area contributed by atoms with Crippen molar-refractivity contribution in [1.29, 1.82) is 0 Å². The minimum absolute atomic E-state index is 0.0569. The predicted octanol–water partition coefficient (Wildman–Crippen LogP) is 3.27. The zero-order chi connectivity index (χ0) is 20.1. The topological polar surface area (TPSA) is 65.4 Å². The zero-order valence-electron chi connectivity index (χ0n) is 16.4. The summed E-state index contributed by atoms with van der Waals surface area (Å²) in [5.41, 5.74) is 3.41. The number of rotatable bonds is 9. The van der Waals surface area contributed by atoms with E-state index in [0.29, 0.717) is 28.1 Å². The number of carboxylic acids is 1. The molecule has 1 saturated heterocycles. The van der Waals surface area contributed by atoms with Gasteiger partial charge in [0.1, 0.15) is 4.32 Å². The molecule has 0 atom stereocenters. The summed E-state index contributed by atoms with van der Waals surface area (Å²) < 4.78 is 2.86. The van der Waals surface area contributed by atoms with Gasteiger partial charge in [-0.2, -0.15) is 0 Å². The molecule has 0 saturated carbocycles. The second-order valence-electron chi connectivity index (χ2n) is 7.35. The van der Waals surface area contributed by atoms with Gasteiger partial charge >= 0.3 is 0 Å². The first-order valence-corrected chi connectivity index (χ1v) is 10.5. The van der Waals surface area contributed by atoms with Gasteiger partial charge in [0, 0.05) is 30.4 Å². The van der Waals surface area contributed by atoms with E-state index in [9.17, 15) is 14.7 Å². The third kappa shape index (κ3) is 5.69. The van der Waals surface area contributed by atoms with E-state index in [-0.39, 0.29) is 12.3 Å². The lowest BCUT2D eigenvalue weighted by molar-refractivity contribution is -0.305. The SMILES string of the molecule is Cc1cc(/C=C2\SC(=S)N(CCCCCC(=O)[O-])C2=O)c(C)n1CC(C)C. The minimum atomic E-state index is -1.03.